The van der Waals surface area contributed by atoms with Crippen molar-refractivity contribution < 1.29 is 5.21 Å². The van der Waals surface area contributed by atoms with Gasteiger partial charge in [-0.2, -0.15) is 0 Å². The molecular weight excluding hydrogens is 258 g/mol. The molecule has 0 amide bonds. The maximum absolute atomic E-state index is 8.75. The molecule has 1 heterocycles. The number of oxime groups is 1. The largest absolute Gasteiger partial charge is 0.409 e. The first-order chi connectivity index (χ1) is 9.20. The molecular formula is C14H15N3OS. The van der Waals surface area contributed by atoms with Gasteiger partial charge < -0.3 is 10.9 Å². The van der Waals surface area contributed by atoms with Crippen molar-refractivity contribution >= 4 is 17.6 Å². The highest BCUT2D eigenvalue weighted by Crippen LogP contribution is 2.25. The van der Waals surface area contributed by atoms with Crippen LogP contribution in [0.15, 0.2) is 52.6 Å². The van der Waals surface area contributed by atoms with Crippen LogP contribution in [0.25, 0.3) is 0 Å². The van der Waals surface area contributed by atoms with Gasteiger partial charge in [0, 0.05) is 16.8 Å². The Balaban J connectivity index is 2.16. The fraction of sp³-hybridized carbons (Fsp3) is 0.143. The molecule has 0 fully saturated rings. The van der Waals surface area contributed by atoms with Gasteiger partial charge in [0.25, 0.3) is 0 Å². The van der Waals surface area contributed by atoms with Crippen LogP contribution in [0.4, 0.5) is 0 Å². The van der Waals surface area contributed by atoms with Gasteiger partial charge in [0.05, 0.1) is 0 Å². The van der Waals surface area contributed by atoms with Crippen molar-refractivity contribution in [3.63, 3.8) is 0 Å². The normalized spacial score (nSPS) is 11.5. The van der Waals surface area contributed by atoms with Crippen LogP contribution in [-0.2, 0) is 5.75 Å². The summed E-state index contributed by atoms with van der Waals surface area (Å²) in [4.78, 5) is 5.04. The highest BCUT2D eigenvalue weighted by Gasteiger charge is 2.08. The van der Waals surface area contributed by atoms with Crippen molar-refractivity contribution in [2.24, 2.45) is 10.9 Å². The zero-order chi connectivity index (χ0) is 13.7. The average molecular weight is 273 g/mol. The highest BCUT2D eigenvalue weighted by molar-refractivity contribution is 7.98. The van der Waals surface area contributed by atoms with Crippen molar-refractivity contribution in [1.82, 2.24) is 4.98 Å². The Hall–Kier alpha value is -2.01. The molecule has 0 radical (unpaired) electrons. The lowest BCUT2D eigenvalue weighted by Gasteiger charge is -2.07. The number of rotatable bonds is 4. The second-order valence-electron chi connectivity index (χ2n) is 4.11. The summed E-state index contributed by atoms with van der Waals surface area (Å²) >= 11 is 1.62. The van der Waals surface area contributed by atoms with E-state index >= 15 is 0 Å². The number of hydrogen-bond acceptors (Lipinski definition) is 4. The van der Waals surface area contributed by atoms with Gasteiger partial charge in [-0.25, -0.2) is 0 Å². The molecule has 0 saturated heterocycles. The van der Waals surface area contributed by atoms with E-state index in [0.717, 1.165) is 10.6 Å². The zero-order valence-corrected chi connectivity index (χ0v) is 11.4. The quantitative estimate of drug-likeness (QED) is 0.295. The second-order valence-corrected chi connectivity index (χ2v) is 5.13. The summed E-state index contributed by atoms with van der Waals surface area (Å²) in [6, 6.07) is 12.1. The number of aryl methyl sites for hydroxylation is 1. The molecule has 0 spiro atoms. The Morgan fingerprint density at radius 2 is 2.21 bits per heavy atom. The number of nitrogens with two attached hydrogens (primary N) is 1. The van der Waals surface area contributed by atoms with Crippen molar-refractivity contribution in [3.8, 4) is 0 Å². The van der Waals surface area contributed by atoms with Crippen LogP contribution < -0.4 is 5.73 Å². The summed E-state index contributed by atoms with van der Waals surface area (Å²) in [6.07, 6.45) is 1.63. The predicted octanol–water partition coefficient (Wildman–Crippen LogP) is 2.78. The minimum absolute atomic E-state index is 0.0346. The topological polar surface area (TPSA) is 71.5 Å². The zero-order valence-electron chi connectivity index (χ0n) is 10.6. The third-order valence-electron chi connectivity index (χ3n) is 2.60. The fourth-order valence-electron chi connectivity index (χ4n) is 1.71. The third kappa shape index (κ3) is 3.48. The van der Waals surface area contributed by atoms with Crippen LogP contribution in [0.2, 0.25) is 0 Å². The van der Waals surface area contributed by atoms with Crippen LogP contribution in [0.5, 0.6) is 0 Å². The maximum Gasteiger partial charge on any atom is 0.189 e. The fourth-order valence-corrected chi connectivity index (χ4v) is 2.68. The molecule has 2 aromatic rings. The summed E-state index contributed by atoms with van der Waals surface area (Å²) < 4.78 is 0. The van der Waals surface area contributed by atoms with Crippen LogP contribution in [-0.4, -0.2) is 16.0 Å². The molecule has 0 bridgehead atoms. The standard InChI is InChI=1S/C14H15N3OS/c1-10-4-2-5-11(8-10)9-19-12-6-3-7-16-13(12)14(15)17-18/h2-8,18H,9H2,1H3,(H2,15,17). The lowest BCUT2D eigenvalue weighted by atomic mass is 10.2. The number of aromatic nitrogens is 1. The van der Waals surface area contributed by atoms with E-state index in [1.807, 2.05) is 18.2 Å². The van der Waals surface area contributed by atoms with Gasteiger partial charge in [0.2, 0.25) is 0 Å². The Labute approximate surface area is 116 Å². The number of thioether (sulfide) groups is 1. The van der Waals surface area contributed by atoms with Crippen molar-refractivity contribution in [1.29, 1.82) is 0 Å². The van der Waals surface area contributed by atoms with E-state index in [-0.39, 0.29) is 5.84 Å². The summed E-state index contributed by atoms with van der Waals surface area (Å²) in [7, 11) is 0. The van der Waals surface area contributed by atoms with Gasteiger partial charge in [-0.15, -0.1) is 11.8 Å². The van der Waals surface area contributed by atoms with Gasteiger partial charge in [-0.3, -0.25) is 4.98 Å². The number of pyridine rings is 1. The summed E-state index contributed by atoms with van der Waals surface area (Å²) in [5.41, 5.74) is 8.60. The van der Waals surface area contributed by atoms with E-state index < -0.39 is 0 Å². The molecule has 3 N–H and O–H groups in total. The van der Waals surface area contributed by atoms with Gasteiger partial charge in [0.15, 0.2) is 5.84 Å². The van der Waals surface area contributed by atoms with E-state index in [4.69, 9.17) is 10.9 Å². The molecule has 2 rings (SSSR count). The second kappa shape index (κ2) is 6.24. The monoisotopic (exact) mass is 273 g/mol. The number of amidine groups is 1. The Morgan fingerprint density at radius 3 is 2.95 bits per heavy atom. The molecule has 0 saturated carbocycles. The molecule has 5 heteroatoms. The molecule has 0 aliphatic carbocycles. The molecule has 0 aliphatic rings. The Bertz CT molecular complexity index is 599. The van der Waals surface area contributed by atoms with Crippen molar-refractivity contribution in [2.75, 3.05) is 0 Å². The van der Waals surface area contributed by atoms with Crippen LogP contribution in [0, 0.1) is 6.92 Å². The first-order valence-corrected chi connectivity index (χ1v) is 6.80. The number of benzene rings is 1. The van der Waals surface area contributed by atoms with Crippen LogP contribution in [0.1, 0.15) is 16.8 Å². The average Bonchev–Trinajstić information content (AvgIpc) is 2.45. The lowest BCUT2D eigenvalue weighted by molar-refractivity contribution is 0.318. The van der Waals surface area contributed by atoms with E-state index in [1.165, 1.54) is 11.1 Å². The number of hydrogen-bond donors (Lipinski definition) is 2. The van der Waals surface area contributed by atoms with E-state index in [2.05, 4.69) is 35.3 Å². The molecule has 1 aromatic heterocycles. The molecule has 0 aliphatic heterocycles. The van der Waals surface area contributed by atoms with Crippen molar-refractivity contribution in [2.45, 2.75) is 17.6 Å². The van der Waals surface area contributed by atoms with Gasteiger partial charge in [-0.05, 0) is 24.6 Å². The first kappa shape index (κ1) is 13.4. The summed E-state index contributed by atoms with van der Waals surface area (Å²) in [5, 5.41) is 11.8. The van der Waals surface area contributed by atoms with E-state index in [1.54, 1.807) is 18.0 Å². The lowest BCUT2D eigenvalue weighted by Crippen LogP contribution is -2.16. The van der Waals surface area contributed by atoms with Gasteiger partial charge in [-0.1, -0.05) is 35.0 Å². The molecule has 0 atom stereocenters. The summed E-state index contributed by atoms with van der Waals surface area (Å²) in [5.74, 6) is 0.853. The molecule has 0 unspecified atom stereocenters. The number of nitrogens with zero attached hydrogens (tertiary/aromatic N) is 2. The van der Waals surface area contributed by atoms with Crippen LogP contribution in [0.3, 0.4) is 0 Å². The van der Waals surface area contributed by atoms with E-state index in [9.17, 15) is 0 Å². The van der Waals surface area contributed by atoms with Gasteiger partial charge in [0.1, 0.15) is 5.69 Å². The predicted molar refractivity (Wildman–Crippen MR) is 77.5 cm³/mol. The van der Waals surface area contributed by atoms with Gasteiger partial charge >= 0.3 is 0 Å². The molecule has 98 valence electrons. The Morgan fingerprint density at radius 1 is 1.37 bits per heavy atom. The third-order valence-corrected chi connectivity index (χ3v) is 3.72. The van der Waals surface area contributed by atoms with Crippen molar-refractivity contribution in [3.05, 3.63) is 59.4 Å². The smallest absolute Gasteiger partial charge is 0.189 e. The first-order valence-electron chi connectivity index (χ1n) is 5.82. The minimum Gasteiger partial charge on any atom is -0.409 e. The van der Waals surface area contributed by atoms with E-state index in [0.29, 0.717) is 5.69 Å². The SMILES string of the molecule is Cc1cccc(CSc2cccnc2/C(N)=N/O)c1. The maximum atomic E-state index is 8.75. The molecule has 19 heavy (non-hydrogen) atoms. The van der Waals surface area contributed by atoms with Crippen LogP contribution >= 0.6 is 11.8 Å². The molecule has 1 aromatic carbocycles. The minimum atomic E-state index is 0.0346. The highest BCUT2D eigenvalue weighted by atomic mass is 32.2. The molecule has 4 nitrogen and oxygen atoms in total. The Kier molecular flexibility index (Phi) is 4.41. The summed E-state index contributed by atoms with van der Waals surface area (Å²) in [6.45, 7) is 2.07.